The summed E-state index contributed by atoms with van der Waals surface area (Å²) in [6, 6.07) is 6.34. The fourth-order valence-corrected chi connectivity index (χ4v) is 3.42. The fourth-order valence-electron chi connectivity index (χ4n) is 2.70. The highest BCUT2D eigenvalue weighted by atomic mass is 32.1. The number of nitrogens with zero attached hydrogens (tertiary/aromatic N) is 2. The van der Waals surface area contributed by atoms with Gasteiger partial charge in [-0.1, -0.05) is 12.1 Å². The Labute approximate surface area is 137 Å². The summed E-state index contributed by atoms with van der Waals surface area (Å²) in [5, 5.41) is 14.6. The number of hydrogen-bond donors (Lipinski definition) is 2. The van der Waals surface area contributed by atoms with E-state index in [9.17, 15) is 9.59 Å². The summed E-state index contributed by atoms with van der Waals surface area (Å²) in [6.07, 6.45) is 3.55. The second-order valence-electron chi connectivity index (χ2n) is 5.39. The summed E-state index contributed by atoms with van der Waals surface area (Å²) in [4.78, 5) is 29.6. The number of aromatic carboxylic acids is 1. The molecule has 2 N–H and O–H groups in total. The number of aromatic nitrogens is 1. The largest absolute Gasteiger partial charge is 0.478 e. The Kier molecular flexibility index (Phi) is 4.57. The van der Waals surface area contributed by atoms with Gasteiger partial charge in [0.15, 0.2) is 5.13 Å². The highest BCUT2D eigenvalue weighted by Crippen LogP contribution is 2.27. The molecule has 2 aromatic rings. The van der Waals surface area contributed by atoms with E-state index in [4.69, 9.17) is 5.11 Å². The SMILES string of the molecule is O=C(O)c1ccc(CNC(=O)C2CCCN2c2nccs2)cc1. The molecule has 2 heterocycles. The standard InChI is InChI=1S/C16H17N3O3S/c20-14(13-2-1-8-19(13)16-17-7-9-23-16)18-10-11-3-5-12(6-4-11)15(21)22/h3-7,9,13H,1-2,8,10H2,(H,18,20)(H,21,22). The minimum atomic E-state index is -0.953. The average molecular weight is 331 g/mol. The third-order valence-corrected chi connectivity index (χ3v) is 4.70. The molecule has 6 nitrogen and oxygen atoms in total. The number of thiazole rings is 1. The van der Waals surface area contributed by atoms with E-state index in [-0.39, 0.29) is 17.5 Å². The van der Waals surface area contributed by atoms with Crippen molar-refractivity contribution >= 4 is 28.3 Å². The van der Waals surface area contributed by atoms with Crippen molar-refractivity contribution in [1.29, 1.82) is 0 Å². The molecule has 0 saturated carbocycles. The second-order valence-corrected chi connectivity index (χ2v) is 6.26. The number of hydrogen-bond acceptors (Lipinski definition) is 5. The van der Waals surface area contributed by atoms with Crippen molar-refractivity contribution in [3.05, 3.63) is 47.0 Å². The molecule has 1 aliphatic heterocycles. The van der Waals surface area contributed by atoms with E-state index in [1.54, 1.807) is 30.5 Å². The lowest BCUT2D eigenvalue weighted by molar-refractivity contribution is -0.122. The number of amides is 1. The van der Waals surface area contributed by atoms with Gasteiger partial charge in [0.1, 0.15) is 6.04 Å². The third-order valence-electron chi connectivity index (χ3n) is 3.89. The Balaban J connectivity index is 1.59. The minimum absolute atomic E-state index is 0.0139. The molecule has 0 aliphatic carbocycles. The minimum Gasteiger partial charge on any atom is -0.478 e. The number of carboxylic acid groups (broad SMARTS) is 1. The van der Waals surface area contributed by atoms with E-state index in [0.717, 1.165) is 30.1 Å². The molecule has 0 spiro atoms. The van der Waals surface area contributed by atoms with Crippen LogP contribution in [-0.4, -0.2) is 34.6 Å². The molecule has 7 heteroatoms. The van der Waals surface area contributed by atoms with Crippen LogP contribution < -0.4 is 10.2 Å². The molecule has 1 atom stereocenters. The summed E-state index contributed by atoms with van der Waals surface area (Å²) in [7, 11) is 0. The average Bonchev–Trinajstić information content (AvgIpc) is 3.23. The summed E-state index contributed by atoms with van der Waals surface area (Å²) in [5.41, 5.74) is 1.12. The molecule has 1 fully saturated rings. The number of carbonyl (C=O) groups is 2. The van der Waals surface area contributed by atoms with Gasteiger partial charge in [-0.25, -0.2) is 9.78 Å². The molecule has 1 aliphatic rings. The smallest absolute Gasteiger partial charge is 0.335 e. The van der Waals surface area contributed by atoms with Gasteiger partial charge in [-0.2, -0.15) is 0 Å². The van der Waals surface area contributed by atoms with E-state index >= 15 is 0 Å². The zero-order valence-electron chi connectivity index (χ0n) is 12.4. The van der Waals surface area contributed by atoms with Gasteiger partial charge in [0.2, 0.25) is 5.91 Å². The van der Waals surface area contributed by atoms with Crippen LogP contribution in [0.3, 0.4) is 0 Å². The number of nitrogens with one attached hydrogen (secondary N) is 1. The first kappa shape index (κ1) is 15.5. The fraction of sp³-hybridized carbons (Fsp3) is 0.312. The lowest BCUT2D eigenvalue weighted by Crippen LogP contribution is -2.43. The number of carbonyl (C=O) groups excluding carboxylic acids is 1. The van der Waals surface area contributed by atoms with Crippen LogP contribution in [0.15, 0.2) is 35.8 Å². The van der Waals surface area contributed by atoms with Gasteiger partial charge >= 0.3 is 5.97 Å². The molecule has 0 radical (unpaired) electrons. The van der Waals surface area contributed by atoms with Gasteiger partial charge in [0.25, 0.3) is 0 Å². The maximum atomic E-state index is 12.4. The van der Waals surface area contributed by atoms with Gasteiger partial charge in [-0.3, -0.25) is 4.79 Å². The molecule has 120 valence electrons. The Morgan fingerprint density at radius 2 is 2.13 bits per heavy atom. The third kappa shape index (κ3) is 3.50. The Morgan fingerprint density at radius 1 is 1.35 bits per heavy atom. The van der Waals surface area contributed by atoms with Crippen LogP contribution in [-0.2, 0) is 11.3 Å². The summed E-state index contributed by atoms with van der Waals surface area (Å²) >= 11 is 1.54. The molecule has 23 heavy (non-hydrogen) atoms. The van der Waals surface area contributed by atoms with Crippen LogP contribution in [0.1, 0.15) is 28.8 Å². The number of rotatable bonds is 5. The van der Waals surface area contributed by atoms with Gasteiger partial charge in [-0.15, -0.1) is 11.3 Å². The quantitative estimate of drug-likeness (QED) is 0.877. The van der Waals surface area contributed by atoms with Crippen molar-refractivity contribution in [2.75, 3.05) is 11.4 Å². The van der Waals surface area contributed by atoms with E-state index in [1.807, 2.05) is 10.3 Å². The molecular formula is C16H17N3O3S. The van der Waals surface area contributed by atoms with Crippen molar-refractivity contribution in [2.24, 2.45) is 0 Å². The first-order valence-electron chi connectivity index (χ1n) is 7.41. The van der Waals surface area contributed by atoms with Gasteiger partial charge in [0, 0.05) is 24.7 Å². The number of anilines is 1. The summed E-state index contributed by atoms with van der Waals surface area (Å²) in [6.45, 7) is 1.24. The van der Waals surface area contributed by atoms with Crippen LogP contribution in [0.5, 0.6) is 0 Å². The van der Waals surface area contributed by atoms with Crippen LogP contribution in [0.2, 0.25) is 0 Å². The van der Waals surface area contributed by atoms with Gasteiger partial charge in [0.05, 0.1) is 5.56 Å². The highest BCUT2D eigenvalue weighted by Gasteiger charge is 2.31. The maximum Gasteiger partial charge on any atom is 0.335 e. The molecule has 0 bridgehead atoms. The zero-order chi connectivity index (χ0) is 16.2. The molecule has 1 saturated heterocycles. The first-order chi connectivity index (χ1) is 11.1. The highest BCUT2D eigenvalue weighted by molar-refractivity contribution is 7.13. The van der Waals surface area contributed by atoms with Crippen molar-refractivity contribution in [3.8, 4) is 0 Å². The number of benzene rings is 1. The maximum absolute atomic E-state index is 12.4. The van der Waals surface area contributed by atoms with E-state index in [2.05, 4.69) is 10.3 Å². The molecule has 1 aromatic carbocycles. The molecule has 1 unspecified atom stereocenters. The van der Waals surface area contributed by atoms with Crippen LogP contribution in [0.25, 0.3) is 0 Å². The molecule has 1 aromatic heterocycles. The Hall–Kier alpha value is -2.41. The topological polar surface area (TPSA) is 82.5 Å². The van der Waals surface area contributed by atoms with E-state index in [0.29, 0.717) is 6.54 Å². The monoisotopic (exact) mass is 331 g/mol. The number of carboxylic acids is 1. The Bertz CT molecular complexity index is 685. The summed E-state index contributed by atoms with van der Waals surface area (Å²) < 4.78 is 0. The van der Waals surface area contributed by atoms with Gasteiger partial charge < -0.3 is 15.3 Å². The summed E-state index contributed by atoms with van der Waals surface area (Å²) in [5.74, 6) is -0.967. The normalized spacial score (nSPS) is 17.2. The molecule has 3 rings (SSSR count). The Morgan fingerprint density at radius 3 is 2.78 bits per heavy atom. The van der Waals surface area contributed by atoms with Crippen molar-refractivity contribution in [2.45, 2.75) is 25.4 Å². The second kappa shape index (κ2) is 6.78. The van der Waals surface area contributed by atoms with Crippen molar-refractivity contribution in [1.82, 2.24) is 10.3 Å². The lowest BCUT2D eigenvalue weighted by Gasteiger charge is -2.23. The van der Waals surface area contributed by atoms with Crippen LogP contribution >= 0.6 is 11.3 Å². The zero-order valence-corrected chi connectivity index (χ0v) is 13.3. The van der Waals surface area contributed by atoms with Crippen molar-refractivity contribution < 1.29 is 14.7 Å². The molecular weight excluding hydrogens is 314 g/mol. The predicted octanol–water partition coefficient (Wildman–Crippen LogP) is 2.13. The van der Waals surface area contributed by atoms with Crippen molar-refractivity contribution in [3.63, 3.8) is 0 Å². The lowest BCUT2D eigenvalue weighted by atomic mass is 10.1. The van der Waals surface area contributed by atoms with E-state index in [1.165, 1.54) is 11.3 Å². The van der Waals surface area contributed by atoms with E-state index < -0.39 is 5.97 Å². The van der Waals surface area contributed by atoms with Gasteiger partial charge in [-0.05, 0) is 30.5 Å². The predicted molar refractivity (Wildman–Crippen MR) is 87.7 cm³/mol. The first-order valence-corrected chi connectivity index (χ1v) is 8.29. The van der Waals surface area contributed by atoms with Crippen LogP contribution in [0.4, 0.5) is 5.13 Å². The van der Waals surface area contributed by atoms with Crippen LogP contribution in [0, 0.1) is 0 Å². The molecule has 1 amide bonds.